The van der Waals surface area contributed by atoms with E-state index in [9.17, 15) is 9.00 Å². The maximum atomic E-state index is 12.1. The van der Waals surface area contributed by atoms with Crippen LogP contribution in [0.2, 0.25) is 0 Å². The molecule has 1 atom stereocenters. The van der Waals surface area contributed by atoms with Crippen LogP contribution in [0.4, 0.5) is 0 Å². The Hall–Kier alpha value is -1.62. The predicted octanol–water partition coefficient (Wildman–Crippen LogP) is 2.73. The Kier molecular flexibility index (Phi) is 6.62. The molecular formula is C16H23NO3S. The molecule has 0 fully saturated rings. The summed E-state index contributed by atoms with van der Waals surface area (Å²) in [7, 11) is -1.37. The number of rotatable bonds is 6. The summed E-state index contributed by atoms with van der Waals surface area (Å²) in [4.78, 5) is 11.9. The molecule has 0 unspecified atom stereocenters. The highest BCUT2D eigenvalue weighted by Gasteiger charge is 2.23. The van der Waals surface area contributed by atoms with Gasteiger partial charge in [-0.1, -0.05) is 30.3 Å². The molecule has 0 amide bonds. The third-order valence-electron chi connectivity index (χ3n) is 2.64. The van der Waals surface area contributed by atoms with Gasteiger partial charge in [0, 0.05) is 0 Å². The molecule has 0 aliphatic heterocycles. The van der Waals surface area contributed by atoms with E-state index in [1.807, 2.05) is 51.1 Å². The first-order valence-electron chi connectivity index (χ1n) is 6.94. The van der Waals surface area contributed by atoms with Gasteiger partial charge in [0.05, 0.1) is 11.4 Å². The summed E-state index contributed by atoms with van der Waals surface area (Å²) in [5.74, 6) is -0.481. The molecule has 0 aliphatic carbocycles. The van der Waals surface area contributed by atoms with Crippen LogP contribution in [0.25, 0.3) is 0 Å². The van der Waals surface area contributed by atoms with Crippen molar-refractivity contribution in [3.8, 4) is 0 Å². The minimum absolute atomic E-state index is 0.244. The largest absolute Gasteiger partial charge is 0.461 e. The first-order valence-corrected chi connectivity index (χ1v) is 8.09. The monoisotopic (exact) mass is 309 g/mol. The molecule has 116 valence electrons. The van der Waals surface area contributed by atoms with E-state index in [-0.39, 0.29) is 12.3 Å². The second-order valence-corrected chi connectivity index (χ2v) is 7.48. The molecule has 0 saturated carbocycles. The lowest BCUT2D eigenvalue weighted by atomic mass is 10.1. The molecule has 1 rings (SSSR count). The Labute approximate surface area is 129 Å². The number of hydrogen-bond donors (Lipinski definition) is 1. The number of carbonyl (C=O) groups excluding carboxylic acids is 1. The van der Waals surface area contributed by atoms with Crippen molar-refractivity contribution in [2.24, 2.45) is 0 Å². The van der Waals surface area contributed by atoms with Crippen LogP contribution in [0.3, 0.4) is 0 Å². The standard InChI is InChI=1S/C16H23NO3S/c1-5-20-15(18)14(17-21(19)16(2,3)4)12-11-13-9-7-6-8-10-13/h6-10,12,17H,5,11H2,1-4H3/b14-12-/t21-/m1/s1. The number of benzene rings is 1. The Bertz CT molecular complexity index is 518. The Morgan fingerprint density at radius 1 is 1.29 bits per heavy atom. The third-order valence-corrected chi connectivity index (χ3v) is 4.16. The molecule has 1 N–H and O–H groups in total. The highest BCUT2D eigenvalue weighted by Crippen LogP contribution is 2.11. The van der Waals surface area contributed by atoms with Gasteiger partial charge in [0.2, 0.25) is 0 Å². The number of esters is 1. The average Bonchev–Trinajstić information content (AvgIpc) is 2.43. The summed E-state index contributed by atoms with van der Waals surface area (Å²) >= 11 is 0. The highest BCUT2D eigenvalue weighted by atomic mass is 32.2. The maximum Gasteiger partial charge on any atom is 0.354 e. The van der Waals surface area contributed by atoms with E-state index in [0.29, 0.717) is 6.42 Å². The van der Waals surface area contributed by atoms with Gasteiger partial charge in [0.25, 0.3) is 0 Å². The lowest BCUT2D eigenvalue weighted by molar-refractivity contribution is -0.138. The van der Waals surface area contributed by atoms with Crippen molar-refractivity contribution >= 4 is 17.0 Å². The number of ether oxygens (including phenoxy) is 1. The first kappa shape index (κ1) is 17.4. The van der Waals surface area contributed by atoms with Crippen LogP contribution in [0.1, 0.15) is 33.3 Å². The second-order valence-electron chi connectivity index (χ2n) is 5.51. The van der Waals surface area contributed by atoms with Gasteiger partial charge in [0.1, 0.15) is 16.7 Å². The zero-order chi connectivity index (χ0) is 15.9. The third kappa shape index (κ3) is 6.12. The SMILES string of the molecule is CCOC(=O)/C(=C/Cc1ccccc1)N[S@](=O)C(C)(C)C. The van der Waals surface area contributed by atoms with Crippen molar-refractivity contribution in [3.63, 3.8) is 0 Å². The van der Waals surface area contributed by atoms with E-state index in [1.165, 1.54) is 0 Å². The number of carbonyl (C=O) groups is 1. The molecule has 0 heterocycles. The van der Waals surface area contributed by atoms with E-state index >= 15 is 0 Å². The van der Waals surface area contributed by atoms with Crippen LogP contribution in [0, 0.1) is 0 Å². The van der Waals surface area contributed by atoms with Gasteiger partial charge in [-0.2, -0.15) is 0 Å². The minimum atomic E-state index is -1.37. The van der Waals surface area contributed by atoms with E-state index in [0.717, 1.165) is 5.56 Å². The summed E-state index contributed by atoms with van der Waals surface area (Å²) in [5.41, 5.74) is 1.32. The van der Waals surface area contributed by atoms with Crippen molar-refractivity contribution in [2.75, 3.05) is 6.61 Å². The van der Waals surface area contributed by atoms with Crippen molar-refractivity contribution in [1.29, 1.82) is 0 Å². The van der Waals surface area contributed by atoms with Gasteiger partial charge in [-0.05, 0) is 45.8 Å². The minimum Gasteiger partial charge on any atom is -0.461 e. The lowest BCUT2D eigenvalue weighted by Crippen LogP contribution is -2.35. The predicted molar refractivity (Wildman–Crippen MR) is 85.9 cm³/mol. The summed E-state index contributed by atoms with van der Waals surface area (Å²) in [6.07, 6.45) is 2.29. The average molecular weight is 309 g/mol. The molecule has 0 spiro atoms. The van der Waals surface area contributed by atoms with Crippen LogP contribution in [-0.2, 0) is 26.9 Å². The zero-order valence-electron chi connectivity index (χ0n) is 13.0. The molecule has 1 aromatic rings. The topological polar surface area (TPSA) is 55.4 Å². The van der Waals surface area contributed by atoms with E-state index < -0.39 is 21.7 Å². The van der Waals surface area contributed by atoms with Crippen molar-refractivity contribution in [2.45, 2.75) is 38.9 Å². The van der Waals surface area contributed by atoms with E-state index in [1.54, 1.807) is 13.0 Å². The van der Waals surface area contributed by atoms with Gasteiger partial charge in [-0.25, -0.2) is 9.00 Å². The first-order chi connectivity index (χ1) is 9.84. The normalized spacial score (nSPS) is 13.6. The zero-order valence-corrected chi connectivity index (χ0v) is 13.8. The molecule has 0 saturated heterocycles. The maximum absolute atomic E-state index is 12.1. The van der Waals surface area contributed by atoms with Gasteiger partial charge in [-0.3, -0.25) is 4.72 Å². The van der Waals surface area contributed by atoms with Crippen molar-refractivity contribution in [3.05, 3.63) is 47.7 Å². The second kappa shape index (κ2) is 7.98. The number of nitrogens with one attached hydrogen (secondary N) is 1. The van der Waals surface area contributed by atoms with Crippen LogP contribution in [0.15, 0.2) is 42.1 Å². The smallest absolute Gasteiger partial charge is 0.354 e. The molecule has 4 nitrogen and oxygen atoms in total. The van der Waals surface area contributed by atoms with Crippen LogP contribution >= 0.6 is 0 Å². The van der Waals surface area contributed by atoms with Crippen LogP contribution < -0.4 is 4.72 Å². The van der Waals surface area contributed by atoms with E-state index in [4.69, 9.17) is 4.74 Å². The summed E-state index contributed by atoms with van der Waals surface area (Å²) in [5, 5.41) is 0. The van der Waals surface area contributed by atoms with Gasteiger partial charge < -0.3 is 4.74 Å². The fourth-order valence-corrected chi connectivity index (χ4v) is 2.14. The molecule has 0 aliphatic rings. The summed E-state index contributed by atoms with van der Waals surface area (Å²) < 4.78 is 19.5. The van der Waals surface area contributed by atoms with Gasteiger partial charge >= 0.3 is 5.97 Å². The van der Waals surface area contributed by atoms with Gasteiger partial charge in [-0.15, -0.1) is 0 Å². The number of hydrogen-bond acceptors (Lipinski definition) is 3. The Morgan fingerprint density at radius 2 is 1.90 bits per heavy atom. The lowest BCUT2D eigenvalue weighted by Gasteiger charge is -2.19. The molecule has 1 aromatic carbocycles. The number of allylic oxidation sites excluding steroid dienone is 1. The van der Waals surface area contributed by atoms with Crippen molar-refractivity contribution < 1.29 is 13.7 Å². The van der Waals surface area contributed by atoms with E-state index in [2.05, 4.69) is 4.72 Å². The summed E-state index contributed by atoms with van der Waals surface area (Å²) in [6.45, 7) is 7.56. The quantitative estimate of drug-likeness (QED) is 0.649. The Morgan fingerprint density at radius 3 is 2.43 bits per heavy atom. The molecule has 0 radical (unpaired) electrons. The van der Waals surface area contributed by atoms with Crippen LogP contribution in [-0.4, -0.2) is 21.5 Å². The fourth-order valence-electron chi connectivity index (χ4n) is 1.46. The van der Waals surface area contributed by atoms with Crippen LogP contribution in [0.5, 0.6) is 0 Å². The Balaban J connectivity index is 2.86. The van der Waals surface area contributed by atoms with Crippen molar-refractivity contribution in [1.82, 2.24) is 4.72 Å². The van der Waals surface area contributed by atoms with Gasteiger partial charge in [0.15, 0.2) is 0 Å². The molecule has 21 heavy (non-hydrogen) atoms. The molecule has 0 aromatic heterocycles. The summed E-state index contributed by atoms with van der Waals surface area (Å²) in [6, 6.07) is 9.76. The molecule has 0 bridgehead atoms. The molecule has 5 heteroatoms. The molecular weight excluding hydrogens is 286 g/mol. The highest BCUT2D eigenvalue weighted by molar-refractivity contribution is 7.84. The fraction of sp³-hybridized carbons (Fsp3) is 0.438.